The number of hydrogen-bond acceptors (Lipinski definition) is 4. The normalized spacial score (nSPS) is 18.2. The molecule has 4 rings (SSSR count). The molecule has 2 heterocycles. The van der Waals surface area contributed by atoms with Crippen LogP contribution in [0.5, 0.6) is 0 Å². The first kappa shape index (κ1) is 22.8. The van der Waals surface area contributed by atoms with Gasteiger partial charge < -0.3 is 14.6 Å². The van der Waals surface area contributed by atoms with Crippen molar-refractivity contribution in [2.24, 2.45) is 11.8 Å². The Morgan fingerprint density at radius 1 is 1.03 bits per heavy atom. The van der Waals surface area contributed by atoms with E-state index in [1.54, 1.807) is 12.1 Å². The number of likely N-dealkylation sites (tertiary alicyclic amines) is 1. The van der Waals surface area contributed by atoms with Crippen LogP contribution in [-0.4, -0.2) is 34.8 Å². The van der Waals surface area contributed by atoms with Gasteiger partial charge in [0.2, 0.25) is 5.91 Å². The Balaban J connectivity index is 1.40. The van der Waals surface area contributed by atoms with Crippen molar-refractivity contribution in [1.29, 1.82) is 0 Å². The molecule has 2 unspecified atom stereocenters. The highest BCUT2D eigenvalue weighted by molar-refractivity contribution is 6.03. The molecule has 172 valence electrons. The Labute approximate surface area is 195 Å². The molecule has 1 saturated heterocycles. The van der Waals surface area contributed by atoms with Crippen molar-refractivity contribution in [3.05, 3.63) is 71.7 Å². The van der Waals surface area contributed by atoms with E-state index in [1.807, 2.05) is 54.3 Å². The molecule has 1 aliphatic heterocycles. The highest BCUT2D eigenvalue weighted by Gasteiger charge is 2.27. The smallest absolute Gasteiger partial charge is 0.255 e. The van der Waals surface area contributed by atoms with Gasteiger partial charge in [0.25, 0.3) is 5.91 Å². The molecule has 6 heteroatoms. The zero-order chi connectivity index (χ0) is 23.4. The number of aryl methyl sites for hydroxylation is 2. The summed E-state index contributed by atoms with van der Waals surface area (Å²) in [5.74, 6) is 2.01. The van der Waals surface area contributed by atoms with Crippen molar-refractivity contribution in [2.75, 3.05) is 18.4 Å². The highest BCUT2D eigenvalue weighted by atomic mass is 16.4. The van der Waals surface area contributed by atoms with E-state index in [0.717, 1.165) is 36.5 Å². The van der Waals surface area contributed by atoms with Gasteiger partial charge in [0.05, 0.1) is 16.9 Å². The third kappa shape index (κ3) is 5.51. The van der Waals surface area contributed by atoms with Crippen molar-refractivity contribution in [2.45, 2.75) is 40.0 Å². The minimum Gasteiger partial charge on any atom is -0.440 e. The van der Waals surface area contributed by atoms with Crippen LogP contribution < -0.4 is 5.32 Å². The Hall–Kier alpha value is -3.41. The quantitative estimate of drug-likeness (QED) is 0.556. The summed E-state index contributed by atoms with van der Waals surface area (Å²) < 4.78 is 5.91. The Morgan fingerprint density at radius 3 is 2.42 bits per heavy atom. The van der Waals surface area contributed by atoms with Crippen LogP contribution in [0.4, 0.5) is 5.69 Å². The summed E-state index contributed by atoms with van der Waals surface area (Å²) in [6.45, 7) is 7.76. The molecule has 2 atom stereocenters. The first-order valence-corrected chi connectivity index (χ1v) is 11.6. The maximum absolute atomic E-state index is 13.2. The summed E-state index contributed by atoms with van der Waals surface area (Å²) in [4.78, 5) is 32.3. The highest BCUT2D eigenvalue weighted by Crippen LogP contribution is 2.26. The fraction of sp³-hybridized carbons (Fsp3) is 0.370. The molecular formula is C27H31N3O3. The van der Waals surface area contributed by atoms with Crippen LogP contribution in [0.2, 0.25) is 0 Å². The fourth-order valence-corrected chi connectivity index (χ4v) is 4.63. The van der Waals surface area contributed by atoms with Crippen molar-refractivity contribution >= 4 is 17.5 Å². The largest absolute Gasteiger partial charge is 0.440 e. The lowest BCUT2D eigenvalue weighted by Crippen LogP contribution is -2.42. The molecule has 0 saturated carbocycles. The van der Waals surface area contributed by atoms with Gasteiger partial charge in [0.1, 0.15) is 0 Å². The van der Waals surface area contributed by atoms with E-state index in [9.17, 15) is 9.59 Å². The predicted molar refractivity (Wildman–Crippen MR) is 129 cm³/mol. The third-order valence-electron chi connectivity index (χ3n) is 6.03. The maximum Gasteiger partial charge on any atom is 0.255 e. The number of anilines is 1. The van der Waals surface area contributed by atoms with Crippen molar-refractivity contribution in [3.63, 3.8) is 0 Å². The molecule has 0 radical (unpaired) electrons. The van der Waals surface area contributed by atoms with Gasteiger partial charge in [0.15, 0.2) is 11.7 Å². The van der Waals surface area contributed by atoms with Gasteiger partial charge in [-0.1, -0.05) is 56.3 Å². The van der Waals surface area contributed by atoms with Crippen molar-refractivity contribution in [3.8, 4) is 11.3 Å². The fourth-order valence-electron chi connectivity index (χ4n) is 4.63. The number of aromatic nitrogens is 1. The molecule has 2 amide bonds. The average Bonchev–Trinajstić information content (AvgIpc) is 3.18. The van der Waals surface area contributed by atoms with Crippen LogP contribution >= 0.6 is 0 Å². The Kier molecular flexibility index (Phi) is 6.92. The molecular weight excluding hydrogens is 414 g/mol. The third-order valence-corrected chi connectivity index (χ3v) is 6.03. The van der Waals surface area contributed by atoms with Gasteiger partial charge in [-0.05, 0) is 37.3 Å². The molecule has 33 heavy (non-hydrogen) atoms. The van der Waals surface area contributed by atoms with Crippen molar-refractivity contribution in [1.82, 2.24) is 9.88 Å². The summed E-state index contributed by atoms with van der Waals surface area (Å²) >= 11 is 0. The number of piperidine rings is 1. The number of carbonyl (C=O) groups excluding carboxylic acids is 2. The second-order valence-electron chi connectivity index (χ2n) is 9.14. The molecule has 3 aromatic rings. The first-order chi connectivity index (χ1) is 15.9. The van der Waals surface area contributed by atoms with Gasteiger partial charge in [-0.25, -0.2) is 4.98 Å². The average molecular weight is 446 g/mol. The summed E-state index contributed by atoms with van der Waals surface area (Å²) in [7, 11) is 0. The molecule has 1 aromatic heterocycles. The Bertz CT molecular complexity index is 1110. The maximum atomic E-state index is 13.2. The number of nitrogens with one attached hydrogen (secondary N) is 1. The molecule has 0 aliphatic carbocycles. The molecule has 0 spiro atoms. The monoisotopic (exact) mass is 445 g/mol. The minimum absolute atomic E-state index is 0.0277. The molecule has 1 fully saturated rings. The summed E-state index contributed by atoms with van der Waals surface area (Å²) in [6.07, 6.45) is 1.74. The summed E-state index contributed by atoms with van der Waals surface area (Å²) in [5.41, 5.74) is 2.85. The number of para-hydroxylation sites is 1. The summed E-state index contributed by atoms with van der Waals surface area (Å²) in [5, 5.41) is 2.92. The molecule has 2 aromatic carbocycles. The van der Waals surface area contributed by atoms with E-state index in [0.29, 0.717) is 35.4 Å². The van der Waals surface area contributed by atoms with E-state index in [-0.39, 0.29) is 18.2 Å². The van der Waals surface area contributed by atoms with E-state index < -0.39 is 0 Å². The number of oxazole rings is 1. The lowest BCUT2D eigenvalue weighted by atomic mass is 9.91. The van der Waals surface area contributed by atoms with Gasteiger partial charge >= 0.3 is 0 Å². The van der Waals surface area contributed by atoms with Gasteiger partial charge in [-0.2, -0.15) is 0 Å². The number of rotatable bonds is 6. The molecule has 0 bridgehead atoms. The van der Waals surface area contributed by atoms with Gasteiger partial charge in [0, 0.05) is 31.5 Å². The number of amides is 2. The van der Waals surface area contributed by atoms with E-state index in [2.05, 4.69) is 24.1 Å². The second-order valence-corrected chi connectivity index (χ2v) is 9.14. The van der Waals surface area contributed by atoms with E-state index in [4.69, 9.17) is 4.42 Å². The van der Waals surface area contributed by atoms with Gasteiger partial charge in [-0.15, -0.1) is 0 Å². The lowest BCUT2D eigenvalue weighted by Gasteiger charge is -2.35. The molecule has 6 nitrogen and oxygen atoms in total. The standard InChI is InChI=1S/C27H31N3O3/c1-18-15-19(2)17-30(16-18)27(32)22-11-7-8-12-23(22)29-24(31)13-14-25-28-20(3)26(33-25)21-9-5-4-6-10-21/h4-12,18-19H,13-17H2,1-3H3,(H,29,31). The van der Waals surface area contributed by atoms with Crippen LogP contribution in [0.1, 0.15) is 48.6 Å². The number of nitrogens with zero attached hydrogens (tertiary/aromatic N) is 2. The zero-order valence-corrected chi connectivity index (χ0v) is 19.5. The topological polar surface area (TPSA) is 75.4 Å². The molecule has 1 aliphatic rings. The van der Waals surface area contributed by atoms with Crippen LogP contribution in [0.3, 0.4) is 0 Å². The Morgan fingerprint density at radius 2 is 1.70 bits per heavy atom. The number of hydrogen-bond donors (Lipinski definition) is 1. The predicted octanol–water partition coefficient (Wildman–Crippen LogP) is 5.34. The number of benzene rings is 2. The SMILES string of the molecule is Cc1nc(CCC(=O)Nc2ccccc2C(=O)N2CC(C)CC(C)C2)oc1-c1ccccc1. The van der Waals surface area contributed by atoms with Crippen LogP contribution in [-0.2, 0) is 11.2 Å². The lowest BCUT2D eigenvalue weighted by molar-refractivity contribution is -0.116. The van der Waals surface area contributed by atoms with Crippen molar-refractivity contribution < 1.29 is 14.0 Å². The zero-order valence-electron chi connectivity index (χ0n) is 19.5. The second kappa shape index (κ2) is 10.0. The molecule has 1 N–H and O–H groups in total. The van der Waals surface area contributed by atoms with Crippen LogP contribution in [0, 0.1) is 18.8 Å². The number of carbonyl (C=O) groups is 2. The van der Waals surface area contributed by atoms with Crippen LogP contribution in [0.25, 0.3) is 11.3 Å². The van der Waals surface area contributed by atoms with Crippen LogP contribution in [0.15, 0.2) is 59.0 Å². The summed E-state index contributed by atoms with van der Waals surface area (Å²) in [6, 6.07) is 17.0. The van der Waals surface area contributed by atoms with E-state index >= 15 is 0 Å². The van der Waals surface area contributed by atoms with Gasteiger partial charge in [-0.3, -0.25) is 9.59 Å². The minimum atomic E-state index is -0.173. The first-order valence-electron chi connectivity index (χ1n) is 11.6. The van der Waals surface area contributed by atoms with E-state index in [1.165, 1.54) is 0 Å².